The van der Waals surface area contributed by atoms with Crippen molar-refractivity contribution in [2.75, 3.05) is 0 Å². The third-order valence-electron chi connectivity index (χ3n) is 2.58. The first-order chi connectivity index (χ1) is 7.89. The second-order valence-electron chi connectivity index (χ2n) is 3.80. The van der Waals surface area contributed by atoms with Gasteiger partial charge in [0, 0.05) is 10.6 Å². The first-order valence-corrected chi connectivity index (χ1v) is 5.51. The van der Waals surface area contributed by atoms with Crippen LogP contribution in [0.2, 0.25) is 5.02 Å². The molecule has 0 aromatic heterocycles. The molecule has 0 amide bonds. The first kappa shape index (κ1) is 13.7. The van der Waals surface area contributed by atoms with Crippen molar-refractivity contribution in [1.29, 1.82) is 0 Å². The molecule has 1 aromatic carbocycles. The van der Waals surface area contributed by atoms with E-state index in [1.54, 1.807) is 12.1 Å². The SMILES string of the molecule is CCC(O)(CC(=O)c1cccc(Cl)c1)C(=O)O. The van der Waals surface area contributed by atoms with Crippen LogP contribution in [0, 0.1) is 0 Å². The minimum Gasteiger partial charge on any atom is -0.479 e. The molecule has 17 heavy (non-hydrogen) atoms. The Bertz CT molecular complexity index is 444. The smallest absolute Gasteiger partial charge is 0.336 e. The Kier molecular flexibility index (Phi) is 4.26. The van der Waals surface area contributed by atoms with Crippen LogP contribution in [-0.4, -0.2) is 27.6 Å². The van der Waals surface area contributed by atoms with Crippen molar-refractivity contribution in [3.8, 4) is 0 Å². The molecule has 0 fully saturated rings. The summed E-state index contributed by atoms with van der Waals surface area (Å²) in [7, 11) is 0. The van der Waals surface area contributed by atoms with Gasteiger partial charge in [-0.1, -0.05) is 30.7 Å². The monoisotopic (exact) mass is 256 g/mol. The molecule has 0 heterocycles. The number of rotatable bonds is 5. The quantitative estimate of drug-likeness (QED) is 0.792. The topological polar surface area (TPSA) is 74.6 Å². The highest BCUT2D eigenvalue weighted by Crippen LogP contribution is 2.20. The van der Waals surface area contributed by atoms with E-state index < -0.39 is 23.8 Å². The average Bonchev–Trinajstić information content (AvgIpc) is 2.28. The lowest BCUT2D eigenvalue weighted by Gasteiger charge is -2.20. The molecule has 5 heteroatoms. The Hall–Kier alpha value is -1.39. The van der Waals surface area contributed by atoms with Crippen LogP contribution in [0.3, 0.4) is 0 Å². The van der Waals surface area contributed by atoms with Gasteiger partial charge in [-0.15, -0.1) is 0 Å². The number of hydrogen-bond acceptors (Lipinski definition) is 3. The zero-order valence-electron chi connectivity index (χ0n) is 9.31. The largest absolute Gasteiger partial charge is 0.479 e. The van der Waals surface area contributed by atoms with Gasteiger partial charge in [0.05, 0.1) is 6.42 Å². The number of hydrogen-bond donors (Lipinski definition) is 2. The number of benzene rings is 1. The van der Waals surface area contributed by atoms with Gasteiger partial charge in [-0.3, -0.25) is 4.79 Å². The molecule has 1 rings (SSSR count). The molecule has 1 unspecified atom stereocenters. The average molecular weight is 257 g/mol. The van der Waals surface area contributed by atoms with Crippen LogP contribution in [0.4, 0.5) is 0 Å². The van der Waals surface area contributed by atoms with Gasteiger partial charge in [-0.05, 0) is 18.6 Å². The van der Waals surface area contributed by atoms with Gasteiger partial charge in [0.1, 0.15) is 0 Å². The molecule has 2 N–H and O–H groups in total. The molecule has 0 aliphatic heterocycles. The standard InChI is InChI=1S/C12H13ClO4/c1-2-12(17,11(15)16)7-10(14)8-4-3-5-9(13)6-8/h3-6,17H,2,7H2,1H3,(H,15,16). The van der Waals surface area contributed by atoms with E-state index in [0.29, 0.717) is 10.6 Å². The Labute approximate surface area is 104 Å². The summed E-state index contributed by atoms with van der Waals surface area (Å²) in [6.45, 7) is 1.51. The van der Waals surface area contributed by atoms with Gasteiger partial charge >= 0.3 is 5.97 Å². The number of carbonyl (C=O) groups is 2. The van der Waals surface area contributed by atoms with E-state index in [4.69, 9.17) is 16.7 Å². The molecule has 1 aromatic rings. The van der Waals surface area contributed by atoms with Crippen molar-refractivity contribution < 1.29 is 19.8 Å². The minimum atomic E-state index is -2.01. The van der Waals surface area contributed by atoms with Crippen LogP contribution < -0.4 is 0 Å². The number of ketones is 1. The zero-order valence-corrected chi connectivity index (χ0v) is 10.1. The molecule has 92 valence electrons. The van der Waals surface area contributed by atoms with E-state index >= 15 is 0 Å². The number of aliphatic hydroxyl groups is 1. The third-order valence-corrected chi connectivity index (χ3v) is 2.82. The maximum atomic E-state index is 11.8. The summed E-state index contributed by atoms with van der Waals surface area (Å²) >= 11 is 5.73. The predicted molar refractivity (Wildman–Crippen MR) is 63.3 cm³/mol. The summed E-state index contributed by atoms with van der Waals surface area (Å²) in [5.41, 5.74) is -1.72. The molecule has 1 atom stereocenters. The van der Waals surface area contributed by atoms with Crippen LogP contribution in [-0.2, 0) is 4.79 Å². The summed E-state index contributed by atoms with van der Waals surface area (Å²) < 4.78 is 0. The predicted octanol–water partition coefficient (Wildman–Crippen LogP) is 2.14. The number of carboxylic acids is 1. The highest BCUT2D eigenvalue weighted by Gasteiger charge is 2.36. The highest BCUT2D eigenvalue weighted by molar-refractivity contribution is 6.31. The maximum Gasteiger partial charge on any atom is 0.336 e. The van der Waals surface area contributed by atoms with Gasteiger partial charge < -0.3 is 10.2 Å². The normalized spacial score (nSPS) is 14.1. The molecule has 0 aliphatic carbocycles. The van der Waals surface area contributed by atoms with E-state index in [1.165, 1.54) is 19.1 Å². The first-order valence-electron chi connectivity index (χ1n) is 5.13. The summed E-state index contributed by atoms with van der Waals surface area (Å²) in [6.07, 6.45) is -0.492. The van der Waals surface area contributed by atoms with Crippen LogP contribution in [0.1, 0.15) is 30.1 Å². The van der Waals surface area contributed by atoms with Crippen LogP contribution >= 0.6 is 11.6 Å². The lowest BCUT2D eigenvalue weighted by atomic mass is 9.91. The molecule has 0 saturated carbocycles. The van der Waals surface area contributed by atoms with Crippen molar-refractivity contribution in [3.05, 3.63) is 34.9 Å². The Balaban J connectivity index is 2.89. The summed E-state index contributed by atoms with van der Waals surface area (Å²) in [4.78, 5) is 22.7. The molecular formula is C12H13ClO4. The Morgan fingerprint density at radius 3 is 2.53 bits per heavy atom. The third kappa shape index (κ3) is 3.28. The Morgan fingerprint density at radius 1 is 1.41 bits per heavy atom. The van der Waals surface area contributed by atoms with Crippen LogP contribution in [0.15, 0.2) is 24.3 Å². The highest BCUT2D eigenvalue weighted by atomic mass is 35.5. The second kappa shape index (κ2) is 5.29. The fourth-order valence-corrected chi connectivity index (χ4v) is 1.57. The van der Waals surface area contributed by atoms with E-state index in [0.717, 1.165) is 0 Å². The van der Waals surface area contributed by atoms with E-state index in [-0.39, 0.29) is 6.42 Å². The lowest BCUT2D eigenvalue weighted by Crippen LogP contribution is -2.40. The molecular weight excluding hydrogens is 244 g/mol. The number of halogens is 1. The molecule has 0 saturated heterocycles. The van der Waals surface area contributed by atoms with E-state index in [2.05, 4.69) is 0 Å². The van der Waals surface area contributed by atoms with Gasteiger partial charge in [-0.25, -0.2) is 4.79 Å². The summed E-state index contributed by atoms with van der Waals surface area (Å²) in [5, 5.41) is 19.0. The van der Waals surface area contributed by atoms with Crippen LogP contribution in [0.5, 0.6) is 0 Å². The van der Waals surface area contributed by atoms with Gasteiger partial charge in [0.25, 0.3) is 0 Å². The van der Waals surface area contributed by atoms with Gasteiger partial charge in [0.2, 0.25) is 0 Å². The van der Waals surface area contributed by atoms with Crippen LogP contribution in [0.25, 0.3) is 0 Å². The number of aliphatic carboxylic acids is 1. The number of carbonyl (C=O) groups excluding carboxylic acids is 1. The number of Topliss-reactive ketones (excluding diaryl/α,β-unsaturated/α-hetero) is 1. The number of carboxylic acid groups (broad SMARTS) is 1. The summed E-state index contributed by atoms with van der Waals surface area (Å²) in [5.74, 6) is -1.84. The molecule has 0 aliphatic rings. The van der Waals surface area contributed by atoms with E-state index in [9.17, 15) is 14.7 Å². The van der Waals surface area contributed by atoms with Gasteiger partial charge in [0.15, 0.2) is 11.4 Å². The van der Waals surface area contributed by atoms with E-state index in [1.807, 2.05) is 0 Å². The maximum absolute atomic E-state index is 11.8. The Morgan fingerprint density at radius 2 is 2.06 bits per heavy atom. The fourth-order valence-electron chi connectivity index (χ4n) is 1.38. The zero-order chi connectivity index (χ0) is 13.1. The molecule has 4 nitrogen and oxygen atoms in total. The fraction of sp³-hybridized carbons (Fsp3) is 0.333. The van der Waals surface area contributed by atoms with Crippen molar-refractivity contribution in [2.45, 2.75) is 25.4 Å². The van der Waals surface area contributed by atoms with Crippen molar-refractivity contribution >= 4 is 23.4 Å². The minimum absolute atomic E-state index is 0.0331. The van der Waals surface area contributed by atoms with Crippen molar-refractivity contribution in [2.24, 2.45) is 0 Å². The van der Waals surface area contributed by atoms with Gasteiger partial charge in [-0.2, -0.15) is 0 Å². The molecule has 0 bridgehead atoms. The summed E-state index contributed by atoms with van der Waals surface area (Å²) in [6, 6.07) is 6.19. The lowest BCUT2D eigenvalue weighted by molar-refractivity contribution is -0.158. The molecule has 0 spiro atoms. The molecule has 0 radical (unpaired) electrons. The second-order valence-corrected chi connectivity index (χ2v) is 4.24. The van der Waals surface area contributed by atoms with Crippen molar-refractivity contribution in [1.82, 2.24) is 0 Å². The van der Waals surface area contributed by atoms with Crippen molar-refractivity contribution in [3.63, 3.8) is 0 Å².